The SMILES string of the molecule is CC(=O)N[C@H]1[C@H](O[C@H]2[C@@H](O)[C@@H](CO)O[C@@H](O[C@H]3[C@H](O)[C@@H](NC(C)=O)C(O)O[C@@H]3COS(=O)(=O)O)[C@@H]2O)O[C@H](COS(=O)(=O)O)[C@@H](O[C@@H]2O[C@H](CO)[C@H](O)[C@H](O)[C@H]2O)[C@@H]1O[C@@H]1O[C@@H](C)[C@@H](O)[C@@H](O)[C@@H]1O. The maximum atomic E-state index is 13.0. The van der Waals surface area contributed by atoms with Crippen molar-refractivity contribution in [3.8, 4) is 0 Å². The molecule has 2 amide bonds. The van der Waals surface area contributed by atoms with Gasteiger partial charge in [0, 0.05) is 13.8 Å². The molecule has 0 spiro atoms. The number of hydrogen-bond donors (Lipinski definition) is 16. The Morgan fingerprint density at radius 2 is 0.884 bits per heavy atom. The molecule has 5 saturated heterocycles. The highest BCUT2D eigenvalue weighted by atomic mass is 32.3. The molecule has 0 radical (unpaired) electrons. The Hall–Kier alpha value is -2.16. The van der Waals surface area contributed by atoms with Gasteiger partial charge in [0.2, 0.25) is 11.8 Å². The fourth-order valence-corrected chi connectivity index (χ4v) is 8.67. The van der Waals surface area contributed by atoms with E-state index >= 15 is 0 Å². The topological polar surface area (TPSA) is 511 Å². The average molecular weight is 1050 g/mol. The Kier molecular flexibility index (Phi) is 19.9. The van der Waals surface area contributed by atoms with Gasteiger partial charge >= 0.3 is 20.8 Å². The van der Waals surface area contributed by atoms with Crippen molar-refractivity contribution in [1.82, 2.24) is 10.6 Å². The smallest absolute Gasteiger partial charge is 0.394 e. The highest BCUT2D eigenvalue weighted by Crippen LogP contribution is 2.37. The van der Waals surface area contributed by atoms with Gasteiger partial charge in [0.05, 0.1) is 32.5 Å². The normalized spacial score (nSPS) is 45.7. The van der Waals surface area contributed by atoms with Gasteiger partial charge < -0.3 is 115 Å². The first-order valence-electron chi connectivity index (χ1n) is 20.8. The third-order valence-corrected chi connectivity index (χ3v) is 12.4. The highest BCUT2D eigenvalue weighted by Gasteiger charge is 2.58. The molecule has 0 aromatic rings. The van der Waals surface area contributed by atoms with Gasteiger partial charge in [-0.3, -0.25) is 18.7 Å². The molecule has 25 atom stereocenters. The molecule has 5 heterocycles. The zero-order valence-electron chi connectivity index (χ0n) is 36.3. The summed E-state index contributed by atoms with van der Waals surface area (Å²) >= 11 is 0. The van der Waals surface area contributed by atoms with E-state index < -0.39 is 212 Å². The van der Waals surface area contributed by atoms with E-state index in [2.05, 4.69) is 19.0 Å². The lowest BCUT2D eigenvalue weighted by Crippen LogP contribution is -2.71. The van der Waals surface area contributed by atoms with Crippen LogP contribution in [0.2, 0.25) is 0 Å². The molecule has 0 aliphatic carbocycles. The Bertz CT molecular complexity index is 1920. The molecule has 0 saturated carbocycles. The molecule has 5 aliphatic heterocycles. The Labute approximate surface area is 391 Å². The van der Waals surface area contributed by atoms with Crippen LogP contribution in [0.15, 0.2) is 0 Å². The van der Waals surface area contributed by atoms with Gasteiger partial charge in [0.15, 0.2) is 31.5 Å². The van der Waals surface area contributed by atoms with E-state index in [9.17, 15) is 96.8 Å². The van der Waals surface area contributed by atoms with Crippen LogP contribution in [0.1, 0.15) is 20.8 Å². The van der Waals surface area contributed by atoms with Crippen LogP contribution >= 0.6 is 0 Å². The third-order valence-electron chi connectivity index (χ3n) is 11.5. The van der Waals surface area contributed by atoms with Gasteiger partial charge in [-0.05, 0) is 6.92 Å². The predicted octanol–water partition coefficient (Wildman–Crippen LogP) is -11.0. The van der Waals surface area contributed by atoms with E-state index in [1.807, 2.05) is 0 Å². The Morgan fingerprint density at radius 3 is 1.41 bits per heavy atom. The molecule has 5 aliphatic rings. The zero-order chi connectivity index (χ0) is 51.6. The van der Waals surface area contributed by atoms with Crippen LogP contribution in [-0.2, 0) is 81.4 Å². The van der Waals surface area contributed by atoms with Crippen LogP contribution in [0.4, 0.5) is 0 Å². The molecule has 33 nitrogen and oxygen atoms in total. The maximum absolute atomic E-state index is 13.0. The summed E-state index contributed by atoms with van der Waals surface area (Å²) in [5.74, 6) is -1.82. The summed E-state index contributed by atoms with van der Waals surface area (Å²) in [6, 6.07) is -3.73. The summed E-state index contributed by atoms with van der Waals surface area (Å²) in [4.78, 5) is 24.9. The molecule has 69 heavy (non-hydrogen) atoms. The van der Waals surface area contributed by atoms with Gasteiger partial charge in [0.1, 0.15) is 116 Å². The molecule has 0 aromatic carbocycles. The van der Waals surface area contributed by atoms with E-state index in [4.69, 9.17) is 42.6 Å². The van der Waals surface area contributed by atoms with Gasteiger partial charge in [-0.25, -0.2) is 8.37 Å². The quantitative estimate of drug-likeness (QED) is 0.0567. The molecule has 5 fully saturated rings. The van der Waals surface area contributed by atoms with Crippen LogP contribution in [0.5, 0.6) is 0 Å². The second-order valence-electron chi connectivity index (χ2n) is 16.5. The number of aliphatic hydroxyl groups excluding tert-OH is 12. The van der Waals surface area contributed by atoms with E-state index in [0.29, 0.717) is 0 Å². The molecular weight excluding hydrogens is 996 g/mol. The minimum absolute atomic E-state index is 0.837. The number of rotatable bonds is 18. The first-order chi connectivity index (χ1) is 32.1. The fourth-order valence-electron chi connectivity index (χ4n) is 8.05. The van der Waals surface area contributed by atoms with Crippen LogP contribution in [0, 0.1) is 0 Å². The number of amides is 2. The minimum atomic E-state index is -5.42. The zero-order valence-corrected chi connectivity index (χ0v) is 37.9. The highest BCUT2D eigenvalue weighted by molar-refractivity contribution is 7.81. The van der Waals surface area contributed by atoms with Crippen LogP contribution in [0.25, 0.3) is 0 Å². The van der Waals surface area contributed by atoms with Crippen molar-refractivity contribution < 1.29 is 148 Å². The summed E-state index contributed by atoms with van der Waals surface area (Å²) in [6.07, 6.45) is -46.9. The summed E-state index contributed by atoms with van der Waals surface area (Å²) in [5.41, 5.74) is 0. The second-order valence-corrected chi connectivity index (χ2v) is 18.6. The van der Waals surface area contributed by atoms with Crippen LogP contribution < -0.4 is 10.6 Å². The summed E-state index contributed by atoms with van der Waals surface area (Å²) in [5, 5.41) is 134. The van der Waals surface area contributed by atoms with Crippen molar-refractivity contribution in [1.29, 1.82) is 0 Å². The number of hydrogen-bond acceptors (Lipinski definition) is 29. The van der Waals surface area contributed by atoms with Gasteiger partial charge in [-0.2, -0.15) is 16.8 Å². The monoisotopic (exact) mass is 1050 g/mol. The van der Waals surface area contributed by atoms with Gasteiger partial charge in [0.25, 0.3) is 0 Å². The standard InChI is InChI=1S/C34H58N2O31S2/c1-8-17(41)21(45)23(47)32(59-8)66-28-16(36-10(3)40)31(63-14(7-58-69(54,55)56)27(28)65-33-24(48)22(46)18(42)11(4-37)61-33)67-29-19(43)12(5-38)62-34(25(29)49)64-26-13(6-57-68(51,52)53)60-30(50)15(20(26)44)35-9(2)39/h8,11-34,37-38,41-50H,4-7H2,1-3H3,(H,35,39)(H,36,40)(H,51,52,53)(H,54,55,56)/t8-,11+,12+,13+,14+,15+,16+,17+,18-,19-,20+,21+,22-,23-,24+,25+,26+,27+,28+,29-,30?,31-,32-,33-,34-/m0/s1. The van der Waals surface area contributed by atoms with Crippen molar-refractivity contribution in [3.05, 3.63) is 0 Å². The largest absolute Gasteiger partial charge is 0.397 e. The summed E-state index contributed by atoms with van der Waals surface area (Å²) < 4.78 is 126. The first kappa shape index (κ1) is 57.7. The summed E-state index contributed by atoms with van der Waals surface area (Å²) in [7, 11) is -10.7. The average Bonchev–Trinajstić information content (AvgIpc) is 3.26. The minimum Gasteiger partial charge on any atom is -0.394 e. The van der Waals surface area contributed by atoms with Crippen LogP contribution in [0.3, 0.4) is 0 Å². The van der Waals surface area contributed by atoms with Crippen molar-refractivity contribution in [3.63, 3.8) is 0 Å². The molecule has 16 N–H and O–H groups in total. The number of aliphatic hydroxyl groups is 12. The number of ether oxygens (including phenoxy) is 9. The molecule has 1 unspecified atom stereocenters. The van der Waals surface area contributed by atoms with Crippen molar-refractivity contribution in [2.24, 2.45) is 0 Å². The Morgan fingerprint density at radius 1 is 0.464 bits per heavy atom. The second kappa shape index (κ2) is 23.8. The fraction of sp³-hybridized carbons (Fsp3) is 0.941. The van der Waals surface area contributed by atoms with E-state index in [1.54, 1.807) is 0 Å². The molecule has 0 aromatic heterocycles. The van der Waals surface area contributed by atoms with Crippen LogP contribution in [-0.4, -0.2) is 279 Å². The van der Waals surface area contributed by atoms with Crippen molar-refractivity contribution in [2.75, 3.05) is 26.4 Å². The lowest BCUT2D eigenvalue weighted by molar-refractivity contribution is -0.389. The predicted molar refractivity (Wildman–Crippen MR) is 209 cm³/mol. The number of carbonyl (C=O) groups excluding carboxylic acids is 2. The molecular formula is C34H58N2O31S2. The van der Waals surface area contributed by atoms with Gasteiger partial charge in [-0.1, -0.05) is 0 Å². The third kappa shape index (κ3) is 14.1. The lowest BCUT2D eigenvalue weighted by atomic mass is 9.93. The molecule has 35 heteroatoms. The van der Waals surface area contributed by atoms with E-state index in [1.165, 1.54) is 6.92 Å². The Balaban J connectivity index is 1.57. The molecule has 5 rings (SSSR count). The molecule has 0 bridgehead atoms. The maximum Gasteiger partial charge on any atom is 0.397 e. The van der Waals surface area contributed by atoms with Gasteiger partial charge in [-0.15, -0.1) is 0 Å². The first-order valence-corrected chi connectivity index (χ1v) is 23.5. The van der Waals surface area contributed by atoms with Crippen molar-refractivity contribution >= 4 is 32.6 Å². The van der Waals surface area contributed by atoms with Crippen molar-refractivity contribution in [2.45, 2.75) is 174 Å². The number of nitrogens with one attached hydrogen (secondary N) is 2. The summed E-state index contributed by atoms with van der Waals surface area (Å²) in [6.45, 7) is -1.56. The van der Waals surface area contributed by atoms with E-state index in [0.717, 1.165) is 13.8 Å². The molecule has 402 valence electrons. The van der Waals surface area contributed by atoms with E-state index in [-0.39, 0.29) is 0 Å². The lowest BCUT2D eigenvalue weighted by Gasteiger charge is -2.51. The number of carbonyl (C=O) groups is 2.